The topological polar surface area (TPSA) is 41.1 Å². The third kappa shape index (κ3) is 3.54. The van der Waals surface area contributed by atoms with Crippen LogP contribution >= 0.6 is 11.6 Å². The van der Waals surface area contributed by atoms with E-state index in [1.54, 1.807) is 6.20 Å². The number of hydrogen-bond acceptors (Lipinski definition) is 4. The third-order valence-electron chi connectivity index (χ3n) is 3.22. The van der Waals surface area contributed by atoms with Gasteiger partial charge >= 0.3 is 0 Å². The fraction of sp³-hybridized carbons (Fsp3) is 0.667. The molecule has 1 fully saturated rings. The molecule has 1 atom stereocenters. The molecule has 0 spiro atoms. The van der Waals surface area contributed by atoms with Gasteiger partial charge in [0.25, 0.3) is 0 Å². The molecule has 2 rings (SSSR count). The number of halogens is 1. The van der Waals surface area contributed by atoms with Crippen LogP contribution in [-0.4, -0.2) is 41.5 Å². The van der Waals surface area contributed by atoms with Crippen molar-refractivity contribution in [2.75, 3.05) is 32.0 Å². The molecule has 1 aliphatic heterocycles. The number of rotatable bonds is 3. The van der Waals surface area contributed by atoms with E-state index in [-0.39, 0.29) is 0 Å². The highest BCUT2D eigenvalue weighted by atomic mass is 35.5. The summed E-state index contributed by atoms with van der Waals surface area (Å²) in [6, 6.07) is 0. The third-order valence-corrected chi connectivity index (χ3v) is 3.40. The number of nitrogens with zero attached hydrogens (tertiary/aromatic N) is 3. The first-order valence-corrected chi connectivity index (χ1v) is 6.44. The fourth-order valence-corrected chi connectivity index (χ4v) is 2.41. The monoisotopic (exact) mass is 254 g/mol. The molecule has 5 heteroatoms. The van der Waals surface area contributed by atoms with Gasteiger partial charge in [0, 0.05) is 24.8 Å². The van der Waals surface area contributed by atoms with E-state index in [9.17, 15) is 0 Å². The molecular formula is C12H19ClN4. The first kappa shape index (κ1) is 12.6. The summed E-state index contributed by atoms with van der Waals surface area (Å²) in [6.07, 6.45) is 4.33. The Morgan fingerprint density at radius 3 is 3.18 bits per heavy atom. The largest absolute Gasteiger partial charge is 0.369 e. The van der Waals surface area contributed by atoms with Crippen LogP contribution in [0.2, 0.25) is 5.28 Å². The van der Waals surface area contributed by atoms with Crippen LogP contribution in [0.15, 0.2) is 6.20 Å². The van der Waals surface area contributed by atoms with Gasteiger partial charge in [0.05, 0.1) is 0 Å². The Kier molecular flexibility index (Phi) is 4.18. The van der Waals surface area contributed by atoms with E-state index in [0.29, 0.717) is 11.2 Å². The minimum Gasteiger partial charge on any atom is -0.369 e. The summed E-state index contributed by atoms with van der Waals surface area (Å²) in [5, 5.41) is 3.69. The second-order valence-electron chi connectivity index (χ2n) is 4.82. The highest BCUT2D eigenvalue weighted by Gasteiger charge is 2.17. The summed E-state index contributed by atoms with van der Waals surface area (Å²) in [6.45, 7) is 5.32. The molecule has 0 bridgehead atoms. The lowest BCUT2D eigenvalue weighted by Gasteiger charge is -2.29. The Labute approximate surface area is 107 Å². The Hall–Kier alpha value is -0.870. The molecule has 0 aliphatic carbocycles. The van der Waals surface area contributed by atoms with E-state index in [0.717, 1.165) is 24.5 Å². The zero-order valence-corrected chi connectivity index (χ0v) is 11.2. The second kappa shape index (κ2) is 5.65. The van der Waals surface area contributed by atoms with Crippen LogP contribution in [0, 0.1) is 12.8 Å². The van der Waals surface area contributed by atoms with Crippen molar-refractivity contribution < 1.29 is 0 Å². The normalized spacial score (nSPS) is 21.5. The van der Waals surface area contributed by atoms with Crippen molar-refractivity contribution >= 4 is 17.4 Å². The van der Waals surface area contributed by atoms with Crippen molar-refractivity contribution in [3.8, 4) is 0 Å². The number of nitrogens with one attached hydrogen (secondary N) is 1. The number of likely N-dealkylation sites (tertiary alicyclic amines) is 1. The number of piperidine rings is 1. The summed E-state index contributed by atoms with van der Waals surface area (Å²) in [5.74, 6) is 1.56. The summed E-state index contributed by atoms with van der Waals surface area (Å²) >= 11 is 5.79. The predicted molar refractivity (Wildman–Crippen MR) is 70.5 cm³/mol. The van der Waals surface area contributed by atoms with Crippen LogP contribution in [0.25, 0.3) is 0 Å². The van der Waals surface area contributed by atoms with Crippen molar-refractivity contribution in [2.45, 2.75) is 19.8 Å². The van der Waals surface area contributed by atoms with E-state index >= 15 is 0 Å². The molecule has 4 nitrogen and oxygen atoms in total. The summed E-state index contributed by atoms with van der Waals surface area (Å²) in [7, 11) is 2.18. The maximum Gasteiger partial charge on any atom is 0.224 e. The number of hydrogen-bond donors (Lipinski definition) is 1. The van der Waals surface area contributed by atoms with Crippen molar-refractivity contribution in [1.82, 2.24) is 14.9 Å². The quantitative estimate of drug-likeness (QED) is 0.840. The van der Waals surface area contributed by atoms with Gasteiger partial charge in [-0.1, -0.05) is 0 Å². The van der Waals surface area contributed by atoms with Crippen molar-refractivity contribution in [1.29, 1.82) is 0 Å². The van der Waals surface area contributed by atoms with Gasteiger partial charge in [-0.2, -0.15) is 0 Å². The molecule has 0 aromatic carbocycles. The predicted octanol–water partition coefficient (Wildman–Crippen LogP) is 2.19. The highest BCUT2D eigenvalue weighted by molar-refractivity contribution is 6.28. The van der Waals surface area contributed by atoms with Gasteiger partial charge in [0.1, 0.15) is 5.82 Å². The minimum atomic E-state index is 0.305. The van der Waals surface area contributed by atoms with Crippen LogP contribution < -0.4 is 5.32 Å². The maximum absolute atomic E-state index is 5.79. The molecule has 17 heavy (non-hydrogen) atoms. The van der Waals surface area contributed by atoms with E-state index in [1.807, 2.05) is 6.92 Å². The van der Waals surface area contributed by atoms with Crippen molar-refractivity contribution in [3.63, 3.8) is 0 Å². The number of aromatic nitrogens is 2. The Bertz CT molecular complexity index is 383. The van der Waals surface area contributed by atoms with Gasteiger partial charge in [0.15, 0.2) is 0 Å². The molecule has 1 N–H and O–H groups in total. The average molecular weight is 255 g/mol. The minimum absolute atomic E-state index is 0.305. The fourth-order valence-electron chi connectivity index (χ4n) is 2.28. The van der Waals surface area contributed by atoms with Crippen LogP contribution in [-0.2, 0) is 0 Å². The molecule has 2 heterocycles. The first-order chi connectivity index (χ1) is 8.15. The second-order valence-corrected chi connectivity index (χ2v) is 5.16. The van der Waals surface area contributed by atoms with Crippen LogP contribution in [0.4, 0.5) is 5.82 Å². The zero-order chi connectivity index (χ0) is 12.3. The molecule has 0 saturated carbocycles. The lowest BCUT2D eigenvalue weighted by Crippen LogP contribution is -2.35. The van der Waals surface area contributed by atoms with Crippen LogP contribution in [0.5, 0.6) is 0 Å². The molecule has 1 saturated heterocycles. The van der Waals surface area contributed by atoms with Gasteiger partial charge in [-0.15, -0.1) is 0 Å². The zero-order valence-electron chi connectivity index (χ0n) is 10.4. The van der Waals surface area contributed by atoms with E-state index in [2.05, 4.69) is 27.2 Å². The summed E-state index contributed by atoms with van der Waals surface area (Å²) in [4.78, 5) is 10.5. The van der Waals surface area contributed by atoms with Gasteiger partial charge in [-0.05, 0) is 50.9 Å². The molecule has 0 radical (unpaired) electrons. The molecule has 1 aromatic rings. The van der Waals surface area contributed by atoms with Crippen molar-refractivity contribution in [2.24, 2.45) is 5.92 Å². The Morgan fingerprint density at radius 2 is 2.41 bits per heavy atom. The molecule has 1 unspecified atom stereocenters. The Morgan fingerprint density at radius 1 is 1.59 bits per heavy atom. The van der Waals surface area contributed by atoms with Gasteiger partial charge in [0.2, 0.25) is 5.28 Å². The average Bonchev–Trinajstić information content (AvgIpc) is 2.30. The lowest BCUT2D eigenvalue weighted by atomic mass is 9.98. The summed E-state index contributed by atoms with van der Waals surface area (Å²) < 4.78 is 0. The van der Waals surface area contributed by atoms with E-state index < -0.39 is 0 Å². The standard InChI is InChI=1S/C12H19ClN4/c1-9-6-15-12(13)16-11(9)14-7-10-4-3-5-17(2)8-10/h6,10H,3-5,7-8H2,1-2H3,(H,14,15,16). The van der Waals surface area contributed by atoms with E-state index in [1.165, 1.54) is 19.4 Å². The molecule has 1 aromatic heterocycles. The number of anilines is 1. The first-order valence-electron chi connectivity index (χ1n) is 6.06. The van der Waals surface area contributed by atoms with Gasteiger partial charge < -0.3 is 10.2 Å². The van der Waals surface area contributed by atoms with Crippen molar-refractivity contribution in [3.05, 3.63) is 17.0 Å². The molecule has 0 amide bonds. The molecular weight excluding hydrogens is 236 g/mol. The number of aryl methyl sites for hydroxylation is 1. The highest BCUT2D eigenvalue weighted by Crippen LogP contribution is 2.17. The molecule has 94 valence electrons. The summed E-state index contributed by atoms with van der Waals surface area (Å²) in [5.41, 5.74) is 1.04. The Balaban J connectivity index is 1.90. The smallest absolute Gasteiger partial charge is 0.224 e. The SMILES string of the molecule is Cc1cnc(Cl)nc1NCC1CCCN(C)C1. The van der Waals surface area contributed by atoms with Gasteiger partial charge in [-0.3, -0.25) is 0 Å². The lowest BCUT2D eigenvalue weighted by molar-refractivity contribution is 0.217. The van der Waals surface area contributed by atoms with Crippen LogP contribution in [0.3, 0.4) is 0 Å². The molecule has 1 aliphatic rings. The maximum atomic E-state index is 5.79. The van der Waals surface area contributed by atoms with Crippen LogP contribution in [0.1, 0.15) is 18.4 Å². The van der Waals surface area contributed by atoms with E-state index in [4.69, 9.17) is 11.6 Å². The van der Waals surface area contributed by atoms with Gasteiger partial charge in [-0.25, -0.2) is 9.97 Å².